The minimum atomic E-state index is -1.07. The second-order valence-corrected chi connectivity index (χ2v) is 8.39. The Labute approximate surface area is 187 Å². The minimum absolute atomic E-state index is 0.0573. The Kier molecular flexibility index (Phi) is 6.03. The fourth-order valence-electron chi connectivity index (χ4n) is 4.50. The van der Waals surface area contributed by atoms with E-state index in [4.69, 9.17) is 5.11 Å². The second kappa shape index (κ2) is 8.90. The Morgan fingerprint density at radius 1 is 1.06 bits per heavy atom. The number of nitrogens with one attached hydrogen (secondary N) is 2. The Morgan fingerprint density at radius 2 is 1.75 bits per heavy atom. The van der Waals surface area contributed by atoms with Crippen LogP contribution in [0.2, 0.25) is 0 Å². The average molecular weight is 437 g/mol. The van der Waals surface area contributed by atoms with Crippen molar-refractivity contribution < 1.29 is 19.5 Å². The lowest BCUT2D eigenvalue weighted by molar-refractivity contribution is -0.118. The van der Waals surface area contributed by atoms with Crippen molar-refractivity contribution in [3.05, 3.63) is 59.7 Å². The number of nitrogens with zero attached hydrogens (tertiary/aromatic N) is 2. The summed E-state index contributed by atoms with van der Waals surface area (Å²) in [5.74, 6) is 0.0170. The van der Waals surface area contributed by atoms with Crippen molar-refractivity contribution in [1.82, 2.24) is 10.2 Å². The molecule has 4 rings (SSSR count). The van der Waals surface area contributed by atoms with Crippen LogP contribution in [0.4, 0.5) is 16.2 Å². The van der Waals surface area contributed by atoms with Crippen molar-refractivity contribution in [2.24, 2.45) is 0 Å². The normalized spacial score (nSPS) is 20.2. The van der Waals surface area contributed by atoms with E-state index in [1.165, 1.54) is 0 Å². The number of hydrogen-bond donors (Lipinski definition) is 3. The van der Waals surface area contributed by atoms with E-state index in [0.29, 0.717) is 25.1 Å². The predicted molar refractivity (Wildman–Crippen MR) is 122 cm³/mol. The van der Waals surface area contributed by atoms with E-state index in [9.17, 15) is 14.4 Å². The van der Waals surface area contributed by atoms with Crippen molar-refractivity contribution in [2.75, 3.05) is 23.3 Å². The molecule has 0 spiro atoms. The Hall–Kier alpha value is -3.55. The van der Waals surface area contributed by atoms with Gasteiger partial charge in [-0.25, -0.2) is 4.79 Å². The molecule has 3 N–H and O–H groups in total. The lowest BCUT2D eigenvalue weighted by Crippen LogP contribution is -2.60. The molecular weight excluding hydrogens is 408 g/mol. The number of carbonyl (C=O) groups excluding carboxylic acids is 2. The molecule has 2 aliphatic heterocycles. The van der Waals surface area contributed by atoms with Crippen LogP contribution in [0.15, 0.2) is 48.5 Å². The van der Waals surface area contributed by atoms with Crippen LogP contribution in [0.3, 0.4) is 0 Å². The van der Waals surface area contributed by atoms with Crippen LogP contribution in [-0.4, -0.2) is 53.1 Å². The van der Waals surface area contributed by atoms with Gasteiger partial charge in [-0.15, -0.1) is 0 Å². The van der Waals surface area contributed by atoms with E-state index in [1.807, 2.05) is 42.2 Å². The molecule has 0 saturated carbocycles. The highest BCUT2D eigenvalue weighted by molar-refractivity contribution is 5.96. The van der Waals surface area contributed by atoms with Crippen molar-refractivity contribution >= 4 is 29.3 Å². The molecule has 2 aliphatic rings. The number of benzene rings is 2. The number of likely N-dealkylation sites (tertiary alicyclic amines) is 1. The molecule has 2 aromatic carbocycles. The van der Waals surface area contributed by atoms with E-state index < -0.39 is 6.09 Å². The van der Waals surface area contributed by atoms with Gasteiger partial charge in [0.25, 0.3) is 5.91 Å². The van der Waals surface area contributed by atoms with Gasteiger partial charge < -0.3 is 25.5 Å². The largest absolute Gasteiger partial charge is 0.465 e. The number of carbonyl (C=O) groups is 3. The highest BCUT2D eigenvalue weighted by Gasteiger charge is 2.34. The summed E-state index contributed by atoms with van der Waals surface area (Å²) in [6, 6.07) is 15.3. The van der Waals surface area contributed by atoms with Crippen LogP contribution >= 0.6 is 0 Å². The third-order valence-corrected chi connectivity index (χ3v) is 6.13. The first kappa shape index (κ1) is 21.7. The number of carboxylic acid groups (broad SMARTS) is 1. The zero-order valence-corrected chi connectivity index (χ0v) is 18.2. The first-order valence-electron chi connectivity index (χ1n) is 10.9. The summed E-state index contributed by atoms with van der Waals surface area (Å²) in [5, 5.41) is 14.7. The topological polar surface area (TPSA) is 102 Å². The van der Waals surface area contributed by atoms with E-state index in [-0.39, 0.29) is 29.9 Å². The van der Waals surface area contributed by atoms with Gasteiger partial charge in [0.1, 0.15) is 0 Å². The van der Waals surface area contributed by atoms with E-state index in [1.54, 1.807) is 17.0 Å². The molecule has 1 fully saturated rings. The molecule has 3 amide bonds. The summed E-state index contributed by atoms with van der Waals surface area (Å²) < 4.78 is 0. The molecule has 2 atom stereocenters. The minimum Gasteiger partial charge on any atom is -0.465 e. The van der Waals surface area contributed by atoms with Crippen molar-refractivity contribution in [3.8, 4) is 0 Å². The molecule has 168 valence electrons. The van der Waals surface area contributed by atoms with Crippen molar-refractivity contribution in [1.29, 1.82) is 0 Å². The maximum absolute atomic E-state index is 12.6. The van der Waals surface area contributed by atoms with Gasteiger partial charge in [0.15, 0.2) is 0 Å². The van der Waals surface area contributed by atoms with Crippen LogP contribution in [-0.2, 0) is 4.79 Å². The first-order valence-corrected chi connectivity index (χ1v) is 10.9. The predicted octanol–water partition coefficient (Wildman–Crippen LogP) is 3.47. The number of anilines is 2. The average Bonchev–Trinajstić information content (AvgIpc) is 2.75. The number of fused-ring (bicyclic) bond motifs is 1. The smallest absolute Gasteiger partial charge is 0.405 e. The lowest BCUT2D eigenvalue weighted by Gasteiger charge is -2.40. The zero-order chi connectivity index (χ0) is 22.8. The molecule has 8 heteroatoms. The van der Waals surface area contributed by atoms with Crippen LogP contribution in [0.5, 0.6) is 0 Å². The third kappa shape index (κ3) is 4.26. The summed E-state index contributed by atoms with van der Waals surface area (Å²) in [7, 11) is 0. The van der Waals surface area contributed by atoms with Gasteiger partial charge in [-0.1, -0.05) is 25.1 Å². The molecule has 0 aliphatic carbocycles. The summed E-state index contributed by atoms with van der Waals surface area (Å²) in [4.78, 5) is 39.3. The van der Waals surface area contributed by atoms with Crippen LogP contribution in [0.25, 0.3) is 0 Å². The van der Waals surface area contributed by atoms with Gasteiger partial charge in [0, 0.05) is 42.5 Å². The molecule has 0 radical (unpaired) electrons. The fourth-order valence-corrected chi connectivity index (χ4v) is 4.50. The van der Waals surface area contributed by atoms with Gasteiger partial charge in [-0.05, 0) is 49.2 Å². The standard InChI is InChI=1S/C24H28N4O4/c1-3-22(29)28-15(2)12-20(19-6-4-5-7-21(19)28)25-17-10-8-16(9-11-17)23(30)27-13-18(14-27)26-24(31)32/h4-11,15,18,20,25-26H,3,12-14H2,1-2H3,(H,31,32)/t15-,20+/m0/s1. The molecule has 0 aromatic heterocycles. The molecule has 8 nitrogen and oxygen atoms in total. The summed E-state index contributed by atoms with van der Waals surface area (Å²) in [5.41, 5.74) is 3.51. The quantitative estimate of drug-likeness (QED) is 0.666. The fraction of sp³-hybridized carbons (Fsp3) is 0.375. The molecule has 2 heterocycles. The van der Waals surface area contributed by atoms with Crippen LogP contribution < -0.4 is 15.5 Å². The molecule has 0 unspecified atom stereocenters. The van der Waals surface area contributed by atoms with Crippen LogP contribution in [0.1, 0.15) is 48.7 Å². The van der Waals surface area contributed by atoms with Crippen molar-refractivity contribution in [2.45, 2.75) is 44.8 Å². The van der Waals surface area contributed by atoms with Crippen LogP contribution in [0, 0.1) is 0 Å². The Morgan fingerprint density at radius 3 is 2.41 bits per heavy atom. The SMILES string of the molecule is CCC(=O)N1c2ccccc2[C@H](Nc2ccc(C(=O)N3CC(NC(=O)O)C3)cc2)C[C@@H]1C. The second-order valence-electron chi connectivity index (χ2n) is 8.39. The number of para-hydroxylation sites is 1. The number of amides is 3. The van der Waals surface area contributed by atoms with Gasteiger partial charge >= 0.3 is 6.09 Å². The lowest BCUT2D eigenvalue weighted by atomic mass is 9.91. The first-order chi connectivity index (χ1) is 15.4. The van der Waals surface area contributed by atoms with Gasteiger partial charge in [-0.3, -0.25) is 9.59 Å². The maximum atomic E-state index is 12.6. The monoisotopic (exact) mass is 436 g/mol. The number of rotatable bonds is 5. The maximum Gasteiger partial charge on any atom is 0.405 e. The Balaban J connectivity index is 1.44. The Bertz CT molecular complexity index is 1020. The van der Waals surface area contributed by atoms with E-state index >= 15 is 0 Å². The van der Waals surface area contributed by atoms with Gasteiger partial charge in [0.05, 0.1) is 12.1 Å². The summed E-state index contributed by atoms with van der Waals surface area (Å²) in [6.45, 7) is 4.72. The molecule has 2 aromatic rings. The van der Waals surface area contributed by atoms with Gasteiger partial charge in [-0.2, -0.15) is 0 Å². The zero-order valence-electron chi connectivity index (χ0n) is 18.2. The third-order valence-electron chi connectivity index (χ3n) is 6.13. The van der Waals surface area contributed by atoms with Gasteiger partial charge in [0.2, 0.25) is 5.91 Å². The molecule has 0 bridgehead atoms. The summed E-state index contributed by atoms with van der Waals surface area (Å²) >= 11 is 0. The number of hydrogen-bond acceptors (Lipinski definition) is 4. The highest BCUT2D eigenvalue weighted by Crippen LogP contribution is 2.39. The highest BCUT2D eigenvalue weighted by atomic mass is 16.4. The molecule has 1 saturated heterocycles. The molecular formula is C24H28N4O4. The molecule has 32 heavy (non-hydrogen) atoms. The van der Waals surface area contributed by atoms with E-state index in [2.05, 4.69) is 23.6 Å². The van der Waals surface area contributed by atoms with E-state index in [0.717, 1.165) is 23.4 Å². The summed E-state index contributed by atoms with van der Waals surface area (Å²) in [6.07, 6.45) is 0.185. The van der Waals surface area contributed by atoms with Crippen molar-refractivity contribution in [3.63, 3.8) is 0 Å².